The molecule has 0 radical (unpaired) electrons. The Morgan fingerprint density at radius 2 is 1.92 bits per heavy atom. The van der Waals surface area contributed by atoms with E-state index in [0.717, 1.165) is 22.6 Å². The summed E-state index contributed by atoms with van der Waals surface area (Å²) in [4.78, 5) is 26.3. The molecule has 3 rings (SSSR count). The Kier molecular flexibility index (Phi) is 5.03. The van der Waals surface area contributed by atoms with Gasteiger partial charge >= 0.3 is 0 Å². The third-order valence-corrected chi connectivity index (χ3v) is 4.45. The predicted molar refractivity (Wildman–Crippen MR) is 96.7 cm³/mol. The topological polar surface area (TPSA) is 58.6 Å². The molecule has 1 aliphatic rings. The first-order chi connectivity index (χ1) is 12.1. The SMILES string of the molecule is Cc1ccccc1OCCN(C)C(=O)C1CC(=O)Nc2ccccc21. The van der Waals surface area contributed by atoms with Gasteiger partial charge in [0.2, 0.25) is 11.8 Å². The summed E-state index contributed by atoms with van der Waals surface area (Å²) in [5.74, 6) is 0.205. The number of nitrogens with zero attached hydrogens (tertiary/aromatic N) is 1. The highest BCUT2D eigenvalue weighted by atomic mass is 16.5. The molecule has 1 N–H and O–H groups in total. The fraction of sp³-hybridized carbons (Fsp3) is 0.300. The number of ether oxygens (including phenoxy) is 1. The standard InChI is InChI=1S/C20H22N2O3/c1-14-7-3-6-10-18(14)25-12-11-22(2)20(24)16-13-19(23)21-17-9-5-4-8-15(16)17/h3-10,16H,11-13H2,1-2H3,(H,21,23). The van der Waals surface area contributed by atoms with Crippen molar-refractivity contribution in [3.63, 3.8) is 0 Å². The molecule has 0 aromatic heterocycles. The van der Waals surface area contributed by atoms with Gasteiger partial charge in [0.15, 0.2) is 0 Å². The average Bonchev–Trinajstić information content (AvgIpc) is 2.61. The van der Waals surface area contributed by atoms with Crippen molar-refractivity contribution in [2.24, 2.45) is 0 Å². The number of para-hydroxylation sites is 2. The third-order valence-electron chi connectivity index (χ3n) is 4.45. The molecule has 2 aromatic carbocycles. The lowest BCUT2D eigenvalue weighted by atomic mass is 9.89. The quantitative estimate of drug-likeness (QED) is 0.912. The van der Waals surface area contributed by atoms with E-state index in [9.17, 15) is 9.59 Å². The van der Waals surface area contributed by atoms with Crippen LogP contribution in [0.4, 0.5) is 5.69 Å². The third kappa shape index (κ3) is 3.82. The molecule has 1 unspecified atom stereocenters. The van der Waals surface area contributed by atoms with Crippen LogP contribution in [-0.2, 0) is 9.59 Å². The average molecular weight is 338 g/mol. The summed E-state index contributed by atoms with van der Waals surface area (Å²) in [5, 5.41) is 2.82. The van der Waals surface area contributed by atoms with Crippen molar-refractivity contribution >= 4 is 17.5 Å². The number of rotatable bonds is 5. The molecule has 130 valence electrons. The van der Waals surface area contributed by atoms with Crippen molar-refractivity contribution in [1.82, 2.24) is 4.90 Å². The molecule has 2 amide bonds. The van der Waals surface area contributed by atoms with E-state index in [1.807, 2.05) is 55.5 Å². The molecule has 1 aliphatic heterocycles. The van der Waals surface area contributed by atoms with Crippen LogP contribution in [0.15, 0.2) is 48.5 Å². The van der Waals surface area contributed by atoms with Gasteiger partial charge in [-0.2, -0.15) is 0 Å². The van der Waals surface area contributed by atoms with Crippen LogP contribution in [0.2, 0.25) is 0 Å². The lowest BCUT2D eigenvalue weighted by Crippen LogP contribution is -2.38. The number of aryl methyl sites for hydroxylation is 1. The van der Waals surface area contributed by atoms with Crippen LogP contribution in [0.25, 0.3) is 0 Å². The van der Waals surface area contributed by atoms with E-state index in [1.165, 1.54) is 0 Å². The van der Waals surface area contributed by atoms with Crippen molar-refractivity contribution in [2.75, 3.05) is 25.5 Å². The van der Waals surface area contributed by atoms with Gasteiger partial charge in [0.05, 0.1) is 12.5 Å². The van der Waals surface area contributed by atoms with Crippen LogP contribution in [0, 0.1) is 6.92 Å². The van der Waals surface area contributed by atoms with Crippen molar-refractivity contribution in [3.8, 4) is 5.75 Å². The van der Waals surface area contributed by atoms with Crippen molar-refractivity contribution in [3.05, 3.63) is 59.7 Å². The second kappa shape index (κ2) is 7.38. The zero-order valence-corrected chi connectivity index (χ0v) is 14.5. The Bertz CT molecular complexity index is 788. The molecule has 25 heavy (non-hydrogen) atoms. The number of amides is 2. The summed E-state index contributed by atoms with van der Waals surface area (Å²) in [6.45, 7) is 2.86. The minimum Gasteiger partial charge on any atom is -0.491 e. The van der Waals surface area contributed by atoms with Crippen molar-refractivity contribution in [1.29, 1.82) is 0 Å². The summed E-state index contributed by atoms with van der Waals surface area (Å²) in [6, 6.07) is 15.3. The van der Waals surface area contributed by atoms with Gasteiger partial charge in [-0.1, -0.05) is 36.4 Å². The molecule has 0 bridgehead atoms. The molecule has 2 aromatic rings. The van der Waals surface area contributed by atoms with Crippen molar-refractivity contribution in [2.45, 2.75) is 19.3 Å². The van der Waals surface area contributed by atoms with Gasteiger partial charge in [-0.25, -0.2) is 0 Å². The smallest absolute Gasteiger partial charge is 0.230 e. The summed E-state index contributed by atoms with van der Waals surface area (Å²) in [5.41, 5.74) is 2.66. The van der Waals surface area contributed by atoms with E-state index in [-0.39, 0.29) is 18.2 Å². The van der Waals surface area contributed by atoms with Crippen molar-refractivity contribution < 1.29 is 14.3 Å². The van der Waals surface area contributed by atoms with Crippen LogP contribution in [0.1, 0.15) is 23.5 Å². The van der Waals surface area contributed by atoms with Gasteiger partial charge in [0.25, 0.3) is 0 Å². The lowest BCUT2D eigenvalue weighted by Gasteiger charge is -2.28. The number of carbonyl (C=O) groups excluding carboxylic acids is 2. The maximum Gasteiger partial charge on any atom is 0.230 e. The number of anilines is 1. The molecule has 5 nitrogen and oxygen atoms in total. The minimum atomic E-state index is -0.437. The molecule has 0 aliphatic carbocycles. The van der Waals surface area contributed by atoms with Gasteiger partial charge in [-0.15, -0.1) is 0 Å². The number of nitrogens with one attached hydrogen (secondary N) is 1. The summed E-state index contributed by atoms with van der Waals surface area (Å²) >= 11 is 0. The number of hydrogen-bond donors (Lipinski definition) is 1. The van der Waals surface area contributed by atoms with E-state index >= 15 is 0 Å². The molecular formula is C20H22N2O3. The normalized spacial score (nSPS) is 15.9. The Hall–Kier alpha value is -2.82. The van der Waals surface area contributed by atoms with Crippen LogP contribution in [0.5, 0.6) is 5.75 Å². The maximum absolute atomic E-state index is 12.8. The number of fused-ring (bicyclic) bond motifs is 1. The highest BCUT2D eigenvalue weighted by molar-refractivity contribution is 6.01. The molecule has 0 spiro atoms. The Labute approximate surface area is 147 Å². The number of benzene rings is 2. The van der Waals surface area contributed by atoms with Crippen LogP contribution >= 0.6 is 0 Å². The molecule has 5 heteroatoms. The van der Waals surface area contributed by atoms with E-state index < -0.39 is 5.92 Å². The fourth-order valence-electron chi connectivity index (χ4n) is 3.02. The maximum atomic E-state index is 12.8. The Balaban J connectivity index is 1.63. The van der Waals surface area contributed by atoms with E-state index in [1.54, 1.807) is 11.9 Å². The van der Waals surface area contributed by atoms with E-state index in [0.29, 0.717) is 13.2 Å². The highest BCUT2D eigenvalue weighted by Gasteiger charge is 2.32. The first-order valence-electron chi connectivity index (χ1n) is 8.38. The molecule has 0 fully saturated rings. The Morgan fingerprint density at radius 3 is 2.72 bits per heavy atom. The van der Waals surface area contributed by atoms with E-state index in [2.05, 4.69) is 5.32 Å². The van der Waals surface area contributed by atoms with Crippen LogP contribution < -0.4 is 10.1 Å². The molecule has 1 heterocycles. The van der Waals surface area contributed by atoms with Gasteiger partial charge in [0, 0.05) is 19.2 Å². The fourth-order valence-corrected chi connectivity index (χ4v) is 3.02. The zero-order chi connectivity index (χ0) is 17.8. The number of hydrogen-bond acceptors (Lipinski definition) is 3. The monoisotopic (exact) mass is 338 g/mol. The first-order valence-corrected chi connectivity index (χ1v) is 8.38. The van der Waals surface area contributed by atoms with Gasteiger partial charge in [-0.3, -0.25) is 9.59 Å². The molecular weight excluding hydrogens is 316 g/mol. The van der Waals surface area contributed by atoms with Crippen LogP contribution in [0.3, 0.4) is 0 Å². The largest absolute Gasteiger partial charge is 0.491 e. The Morgan fingerprint density at radius 1 is 1.20 bits per heavy atom. The first kappa shape index (κ1) is 17.0. The van der Waals surface area contributed by atoms with Gasteiger partial charge in [-0.05, 0) is 30.2 Å². The molecule has 1 atom stereocenters. The van der Waals surface area contributed by atoms with E-state index in [4.69, 9.17) is 4.74 Å². The summed E-state index contributed by atoms with van der Waals surface area (Å²) in [7, 11) is 1.75. The molecule has 0 saturated carbocycles. The summed E-state index contributed by atoms with van der Waals surface area (Å²) in [6.07, 6.45) is 0.179. The van der Waals surface area contributed by atoms with Gasteiger partial charge in [0.1, 0.15) is 12.4 Å². The second-order valence-electron chi connectivity index (χ2n) is 6.27. The predicted octanol–water partition coefficient (Wildman–Crippen LogP) is 2.96. The van der Waals surface area contributed by atoms with Crippen LogP contribution in [-0.4, -0.2) is 36.9 Å². The number of likely N-dealkylation sites (N-methyl/N-ethyl adjacent to an activating group) is 1. The lowest BCUT2D eigenvalue weighted by molar-refractivity contribution is -0.134. The summed E-state index contributed by atoms with van der Waals surface area (Å²) < 4.78 is 5.76. The number of carbonyl (C=O) groups is 2. The zero-order valence-electron chi connectivity index (χ0n) is 14.5. The molecule has 0 saturated heterocycles. The van der Waals surface area contributed by atoms with Gasteiger partial charge < -0.3 is 15.0 Å². The second-order valence-corrected chi connectivity index (χ2v) is 6.27. The minimum absolute atomic E-state index is 0.0596. The highest BCUT2D eigenvalue weighted by Crippen LogP contribution is 2.33.